The molecule has 0 unspecified atom stereocenters. The van der Waals surface area contributed by atoms with E-state index in [1.807, 2.05) is 0 Å². The molecule has 2 rings (SSSR count). The van der Waals surface area contributed by atoms with Gasteiger partial charge in [0.1, 0.15) is 4.90 Å². The number of hydrogen-bond acceptors (Lipinski definition) is 4. The van der Waals surface area contributed by atoms with Gasteiger partial charge in [0.2, 0.25) is 10.0 Å². The number of benzene rings is 1. The van der Waals surface area contributed by atoms with Gasteiger partial charge in [-0.25, -0.2) is 13.1 Å². The van der Waals surface area contributed by atoms with Gasteiger partial charge in [0, 0.05) is 18.8 Å². The van der Waals surface area contributed by atoms with Crippen molar-refractivity contribution in [2.24, 2.45) is 0 Å². The number of anilines is 1. The number of halogens is 1. The molecule has 118 valence electrons. The van der Waals surface area contributed by atoms with E-state index >= 15 is 0 Å². The van der Waals surface area contributed by atoms with E-state index in [0.717, 1.165) is 25.2 Å². The number of nitrogens with two attached hydrogens (primary N) is 1. The average molecular weight is 332 g/mol. The summed E-state index contributed by atoms with van der Waals surface area (Å²) in [5.74, 6) is 0. The minimum Gasteiger partial charge on any atom is -0.398 e. The van der Waals surface area contributed by atoms with E-state index in [1.165, 1.54) is 25.3 Å². The minimum absolute atomic E-state index is 0.0471. The maximum absolute atomic E-state index is 12.3. The standard InChI is InChI=1S/C14H22ClN3O2S/c1-11-9-12(15)14(10-13(11)16)21(19,20)17-5-8-18-6-3-2-4-7-18/h9-10,17H,2-8,16H2,1H3. The third-order valence-electron chi connectivity index (χ3n) is 3.78. The Bertz CT molecular complexity index is 598. The second-order valence-electron chi connectivity index (χ2n) is 5.44. The number of nitrogens with zero attached hydrogens (tertiary/aromatic N) is 1. The van der Waals surface area contributed by atoms with E-state index in [2.05, 4.69) is 9.62 Å². The molecule has 1 aliphatic heterocycles. The summed E-state index contributed by atoms with van der Waals surface area (Å²) in [7, 11) is -3.62. The predicted molar refractivity (Wildman–Crippen MR) is 86.1 cm³/mol. The molecular weight excluding hydrogens is 310 g/mol. The number of rotatable bonds is 5. The van der Waals surface area contributed by atoms with Gasteiger partial charge < -0.3 is 10.6 Å². The Morgan fingerprint density at radius 2 is 1.95 bits per heavy atom. The van der Waals surface area contributed by atoms with Crippen LogP contribution in [-0.4, -0.2) is 39.5 Å². The first kappa shape index (κ1) is 16.5. The molecule has 5 nitrogen and oxygen atoms in total. The van der Waals surface area contributed by atoms with E-state index in [9.17, 15) is 8.42 Å². The minimum atomic E-state index is -3.62. The summed E-state index contributed by atoms with van der Waals surface area (Å²) in [6, 6.07) is 3.00. The van der Waals surface area contributed by atoms with E-state index in [0.29, 0.717) is 12.2 Å². The fourth-order valence-corrected chi connectivity index (χ4v) is 4.11. The second kappa shape index (κ2) is 6.96. The van der Waals surface area contributed by atoms with Gasteiger partial charge in [-0.2, -0.15) is 0 Å². The molecule has 0 amide bonds. The van der Waals surface area contributed by atoms with Crippen molar-refractivity contribution in [3.63, 3.8) is 0 Å². The molecular formula is C14H22ClN3O2S. The van der Waals surface area contributed by atoms with Crippen LogP contribution in [0, 0.1) is 6.92 Å². The lowest BCUT2D eigenvalue weighted by atomic mass is 10.1. The third-order valence-corrected chi connectivity index (χ3v) is 5.70. The number of nitrogens with one attached hydrogen (secondary N) is 1. The highest BCUT2D eigenvalue weighted by molar-refractivity contribution is 7.89. The lowest BCUT2D eigenvalue weighted by Crippen LogP contribution is -2.37. The molecule has 1 aromatic rings. The van der Waals surface area contributed by atoms with Crippen LogP contribution in [0.4, 0.5) is 5.69 Å². The van der Waals surface area contributed by atoms with Gasteiger partial charge in [0.25, 0.3) is 0 Å². The molecule has 0 radical (unpaired) electrons. The van der Waals surface area contributed by atoms with Crippen LogP contribution in [0.3, 0.4) is 0 Å². The zero-order valence-electron chi connectivity index (χ0n) is 12.2. The first-order valence-electron chi connectivity index (χ1n) is 7.18. The number of piperidine rings is 1. The van der Waals surface area contributed by atoms with Gasteiger partial charge in [0.15, 0.2) is 0 Å². The molecule has 1 saturated heterocycles. The number of likely N-dealkylation sites (tertiary alicyclic amines) is 1. The molecule has 1 fully saturated rings. The molecule has 1 aliphatic rings. The summed E-state index contributed by atoms with van der Waals surface area (Å²) in [5.41, 5.74) is 6.97. The molecule has 3 N–H and O–H groups in total. The molecule has 0 bridgehead atoms. The van der Waals surface area contributed by atoms with Gasteiger partial charge in [-0.1, -0.05) is 18.0 Å². The van der Waals surface area contributed by atoms with Crippen LogP contribution in [0.5, 0.6) is 0 Å². The Morgan fingerprint density at radius 3 is 2.62 bits per heavy atom. The second-order valence-corrected chi connectivity index (χ2v) is 7.58. The fraction of sp³-hybridized carbons (Fsp3) is 0.571. The van der Waals surface area contributed by atoms with Crippen LogP contribution in [0.1, 0.15) is 24.8 Å². The zero-order valence-corrected chi connectivity index (χ0v) is 13.8. The Labute approximate surface area is 131 Å². The van der Waals surface area contributed by atoms with Crippen LogP contribution in [0.25, 0.3) is 0 Å². The number of nitrogen functional groups attached to an aromatic ring is 1. The first-order valence-corrected chi connectivity index (χ1v) is 9.04. The van der Waals surface area contributed by atoms with E-state index in [4.69, 9.17) is 17.3 Å². The summed E-state index contributed by atoms with van der Waals surface area (Å²) < 4.78 is 27.2. The third kappa shape index (κ3) is 4.32. The summed E-state index contributed by atoms with van der Waals surface area (Å²) >= 11 is 6.03. The lowest BCUT2D eigenvalue weighted by Gasteiger charge is -2.26. The highest BCUT2D eigenvalue weighted by Crippen LogP contribution is 2.26. The number of aryl methyl sites for hydroxylation is 1. The van der Waals surface area contributed by atoms with Crippen molar-refractivity contribution in [3.8, 4) is 0 Å². The van der Waals surface area contributed by atoms with Crippen molar-refractivity contribution in [2.75, 3.05) is 31.9 Å². The van der Waals surface area contributed by atoms with Crippen LogP contribution in [-0.2, 0) is 10.0 Å². The quantitative estimate of drug-likeness (QED) is 0.809. The molecule has 0 aliphatic carbocycles. The van der Waals surface area contributed by atoms with Crippen LogP contribution >= 0.6 is 11.6 Å². The Morgan fingerprint density at radius 1 is 1.29 bits per heavy atom. The van der Waals surface area contributed by atoms with Gasteiger partial charge in [-0.15, -0.1) is 0 Å². The van der Waals surface area contributed by atoms with Crippen molar-refractivity contribution >= 4 is 27.3 Å². The monoisotopic (exact) mass is 331 g/mol. The Hall–Kier alpha value is -0.820. The molecule has 1 aromatic carbocycles. The highest BCUT2D eigenvalue weighted by Gasteiger charge is 2.19. The van der Waals surface area contributed by atoms with E-state index < -0.39 is 10.0 Å². The van der Waals surface area contributed by atoms with Crippen molar-refractivity contribution in [2.45, 2.75) is 31.1 Å². The Balaban J connectivity index is 1.99. The van der Waals surface area contributed by atoms with Crippen molar-refractivity contribution in [3.05, 3.63) is 22.7 Å². The molecule has 0 aromatic heterocycles. The lowest BCUT2D eigenvalue weighted by molar-refractivity contribution is 0.233. The van der Waals surface area contributed by atoms with Gasteiger partial charge >= 0.3 is 0 Å². The van der Waals surface area contributed by atoms with E-state index in [-0.39, 0.29) is 9.92 Å². The smallest absolute Gasteiger partial charge is 0.242 e. The zero-order chi connectivity index (χ0) is 15.5. The first-order chi connectivity index (χ1) is 9.90. The fourth-order valence-electron chi connectivity index (χ4n) is 2.47. The van der Waals surface area contributed by atoms with Crippen molar-refractivity contribution in [1.82, 2.24) is 9.62 Å². The summed E-state index contributed by atoms with van der Waals surface area (Å²) in [4.78, 5) is 2.32. The van der Waals surface area contributed by atoms with Crippen LogP contribution < -0.4 is 10.5 Å². The van der Waals surface area contributed by atoms with Gasteiger partial charge in [-0.3, -0.25) is 0 Å². The maximum Gasteiger partial charge on any atom is 0.242 e. The molecule has 0 spiro atoms. The molecule has 0 atom stereocenters. The highest BCUT2D eigenvalue weighted by atomic mass is 35.5. The summed E-state index contributed by atoms with van der Waals surface area (Å²) in [6.07, 6.45) is 3.64. The average Bonchev–Trinajstić information content (AvgIpc) is 2.43. The van der Waals surface area contributed by atoms with E-state index in [1.54, 1.807) is 13.0 Å². The molecule has 1 heterocycles. The van der Waals surface area contributed by atoms with Gasteiger partial charge in [0.05, 0.1) is 5.02 Å². The summed E-state index contributed by atoms with van der Waals surface area (Å²) in [5, 5.41) is 0.201. The van der Waals surface area contributed by atoms with Crippen LogP contribution in [0.2, 0.25) is 5.02 Å². The Kier molecular flexibility index (Phi) is 5.48. The molecule has 21 heavy (non-hydrogen) atoms. The number of sulfonamides is 1. The largest absolute Gasteiger partial charge is 0.398 e. The van der Waals surface area contributed by atoms with Gasteiger partial charge in [-0.05, 0) is 50.6 Å². The van der Waals surface area contributed by atoms with Crippen LogP contribution in [0.15, 0.2) is 17.0 Å². The molecule has 0 saturated carbocycles. The summed E-state index contributed by atoms with van der Waals surface area (Å²) in [6.45, 7) is 4.98. The number of hydrogen-bond donors (Lipinski definition) is 2. The van der Waals surface area contributed by atoms with Crippen molar-refractivity contribution < 1.29 is 8.42 Å². The SMILES string of the molecule is Cc1cc(Cl)c(S(=O)(=O)NCCN2CCCCC2)cc1N. The molecule has 7 heteroatoms. The predicted octanol–water partition coefficient (Wildman–Crippen LogP) is 1.99. The normalized spacial score (nSPS) is 17.0. The maximum atomic E-state index is 12.3. The van der Waals surface area contributed by atoms with Crippen molar-refractivity contribution in [1.29, 1.82) is 0 Å². The topological polar surface area (TPSA) is 75.4 Å².